The van der Waals surface area contributed by atoms with Crippen molar-refractivity contribution in [1.82, 2.24) is 9.80 Å². The molecule has 1 saturated heterocycles. The Hall–Kier alpha value is -2.08. The Bertz CT molecular complexity index is 538. The molecule has 1 aromatic rings. The van der Waals surface area contributed by atoms with E-state index in [4.69, 9.17) is 5.11 Å². The smallest absolute Gasteiger partial charge is 0.407 e. The summed E-state index contributed by atoms with van der Waals surface area (Å²) in [5.74, 6) is 0.00692. The summed E-state index contributed by atoms with van der Waals surface area (Å²) in [6.07, 6.45) is -0.196. The number of piperazine rings is 1. The van der Waals surface area contributed by atoms with Crippen LogP contribution in [0.4, 0.5) is 10.5 Å². The third-order valence-corrected chi connectivity index (χ3v) is 4.02. The molecule has 0 aliphatic carbocycles. The van der Waals surface area contributed by atoms with Crippen LogP contribution in [0.1, 0.15) is 5.56 Å². The van der Waals surface area contributed by atoms with Gasteiger partial charge in [0, 0.05) is 31.9 Å². The molecule has 0 spiro atoms. The van der Waals surface area contributed by atoms with Gasteiger partial charge in [-0.05, 0) is 18.1 Å². The lowest BCUT2D eigenvalue weighted by atomic mass is 9.97. The van der Waals surface area contributed by atoms with Crippen molar-refractivity contribution in [3.8, 4) is 0 Å². The molecule has 2 heterocycles. The van der Waals surface area contributed by atoms with Gasteiger partial charge < -0.3 is 15.3 Å². The van der Waals surface area contributed by atoms with Gasteiger partial charge in [-0.2, -0.15) is 0 Å². The van der Waals surface area contributed by atoms with Crippen molar-refractivity contribution >= 4 is 17.7 Å². The van der Waals surface area contributed by atoms with Crippen molar-refractivity contribution in [2.45, 2.75) is 12.5 Å². The molecule has 106 valence electrons. The number of carboxylic acid groups (broad SMARTS) is 1. The van der Waals surface area contributed by atoms with E-state index in [1.165, 1.54) is 4.90 Å². The largest absolute Gasteiger partial charge is 0.465 e. The normalized spacial score (nSPS) is 23.1. The van der Waals surface area contributed by atoms with E-state index in [-0.39, 0.29) is 11.9 Å². The van der Waals surface area contributed by atoms with Gasteiger partial charge in [-0.1, -0.05) is 18.2 Å². The Morgan fingerprint density at radius 3 is 2.60 bits per heavy atom. The van der Waals surface area contributed by atoms with E-state index < -0.39 is 6.09 Å². The maximum atomic E-state index is 12.2. The number of benzene rings is 1. The maximum absolute atomic E-state index is 12.2. The van der Waals surface area contributed by atoms with Gasteiger partial charge in [-0.3, -0.25) is 9.69 Å². The molecule has 2 N–H and O–H groups in total. The number of hydrogen-bond donors (Lipinski definition) is 2. The standard InChI is InChI=1S/C14H17N3O3/c18-13-12(9-10-3-1-2-4-11(10)15-13)16-5-7-17(8-6-16)14(19)20/h1-4,12H,5-9H2,(H,15,18)(H,19,20). The van der Waals surface area contributed by atoms with Gasteiger partial charge >= 0.3 is 6.09 Å². The van der Waals surface area contributed by atoms with Crippen molar-refractivity contribution in [2.24, 2.45) is 0 Å². The molecular weight excluding hydrogens is 258 g/mol. The molecule has 1 fully saturated rings. The quantitative estimate of drug-likeness (QED) is 0.797. The highest BCUT2D eigenvalue weighted by Gasteiger charge is 2.33. The van der Waals surface area contributed by atoms with E-state index in [1.807, 2.05) is 24.3 Å². The van der Waals surface area contributed by atoms with Crippen molar-refractivity contribution in [3.63, 3.8) is 0 Å². The zero-order valence-corrected chi connectivity index (χ0v) is 11.1. The molecule has 1 aromatic carbocycles. The highest BCUT2D eigenvalue weighted by atomic mass is 16.4. The molecule has 0 aromatic heterocycles. The number of amides is 2. The summed E-state index contributed by atoms with van der Waals surface area (Å²) in [5.41, 5.74) is 2.02. The number of fused-ring (bicyclic) bond motifs is 1. The number of anilines is 1. The molecule has 1 atom stereocenters. The molecule has 6 nitrogen and oxygen atoms in total. The summed E-state index contributed by atoms with van der Waals surface area (Å²) in [7, 11) is 0. The SMILES string of the molecule is O=C1Nc2ccccc2CC1N1CCN(C(=O)O)CC1. The van der Waals surface area contributed by atoms with E-state index in [1.54, 1.807) is 0 Å². The summed E-state index contributed by atoms with van der Waals surface area (Å²) in [5, 5.41) is 11.9. The van der Waals surface area contributed by atoms with Crippen molar-refractivity contribution in [3.05, 3.63) is 29.8 Å². The van der Waals surface area contributed by atoms with Gasteiger partial charge in [-0.25, -0.2) is 4.79 Å². The Kier molecular flexibility index (Phi) is 3.31. The summed E-state index contributed by atoms with van der Waals surface area (Å²) in [4.78, 5) is 26.6. The molecule has 1 unspecified atom stereocenters. The van der Waals surface area contributed by atoms with Crippen LogP contribution in [-0.2, 0) is 11.2 Å². The van der Waals surface area contributed by atoms with E-state index in [0.717, 1.165) is 11.3 Å². The number of para-hydroxylation sites is 1. The van der Waals surface area contributed by atoms with Crippen molar-refractivity contribution < 1.29 is 14.7 Å². The van der Waals surface area contributed by atoms with E-state index in [0.29, 0.717) is 32.6 Å². The third kappa shape index (κ3) is 2.34. The zero-order chi connectivity index (χ0) is 14.1. The highest BCUT2D eigenvalue weighted by molar-refractivity contribution is 5.98. The molecular formula is C14H17N3O3. The molecule has 2 aliphatic heterocycles. The molecule has 0 radical (unpaired) electrons. The Morgan fingerprint density at radius 1 is 1.20 bits per heavy atom. The molecule has 3 rings (SSSR count). The van der Waals surface area contributed by atoms with E-state index >= 15 is 0 Å². The lowest BCUT2D eigenvalue weighted by Gasteiger charge is -2.39. The Morgan fingerprint density at radius 2 is 1.90 bits per heavy atom. The predicted octanol–water partition coefficient (Wildman–Crippen LogP) is 0.845. The van der Waals surface area contributed by atoms with Crippen LogP contribution in [0.25, 0.3) is 0 Å². The summed E-state index contributed by atoms with van der Waals surface area (Å²) in [6, 6.07) is 7.61. The Labute approximate surface area is 117 Å². The van der Waals surface area contributed by atoms with Crippen LogP contribution >= 0.6 is 0 Å². The van der Waals surface area contributed by atoms with Crippen LogP contribution in [-0.4, -0.2) is 59.1 Å². The third-order valence-electron chi connectivity index (χ3n) is 4.02. The first-order valence-corrected chi connectivity index (χ1v) is 6.76. The van der Waals surface area contributed by atoms with Gasteiger partial charge in [0.05, 0.1) is 6.04 Å². The van der Waals surface area contributed by atoms with Crippen LogP contribution in [0.15, 0.2) is 24.3 Å². The number of carbonyl (C=O) groups excluding carboxylic acids is 1. The minimum atomic E-state index is -0.886. The van der Waals surface area contributed by atoms with Crippen LogP contribution in [0, 0.1) is 0 Å². The minimum Gasteiger partial charge on any atom is -0.465 e. The number of rotatable bonds is 1. The first-order chi connectivity index (χ1) is 9.65. The molecule has 6 heteroatoms. The monoisotopic (exact) mass is 275 g/mol. The second-order valence-corrected chi connectivity index (χ2v) is 5.17. The average molecular weight is 275 g/mol. The lowest BCUT2D eigenvalue weighted by molar-refractivity contribution is -0.122. The fraction of sp³-hybridized carbons (Fsp3) is 0.429. The summed E-state index contributed by atoms with van der Waals surface area (Å²) in [6.45, 7) is 2.13. The van der Waals surface area contributed by atoms with Crippen LogP contribution < -0.4 is 5.32 Å². The van der Waals surface area contributed by atoms with E-state index in [9.17, 15) is 9.59 Å². The van der Waals surface area contributed by atoms with Gasteiger partial charge in [0.2, 0.25) is 5.91 Å². The second kappa shape index (κ2) is 5.13. The number of hydrogen-bond acceptors (Lipinski definition) is 3. The maximum Gasteiger partial charge on any atom is 0.407 e. The average Bonchev–Trinajstić information content (AvgIpc) is 2.46. The summed E-state index contributed by atoms with van der Waals surface area (Å²) < 4.78 is 0. The Balaban J connectivity index is 1.70. The molecule has 0 saturated carbocycles. The molecule has 2 amide bonds. The van der Waals surface area contributed by atoms with E-state index in [2.05, 4.69) is 10.2 Å². The zero-order valence-electron chi connectivity index (χ0n) is 11.1. The van der Waals surface area contributed by atoms with Crippen molar-refractivity contribution in [2.75, 3.05) is 31.5 Å². The number of nitrogens with zero attached hydrogens (tertiary/aromatic N) is 2. The second-order valence-electron chi connectivity index (χ2n) is 5.17. The number of carbonyl (C=O) groups is 2. The predicted molar refractivity (Wildman–Crippen MR) is 73.7 cm³/mol. The molecule has 2 aliphatic rings. The molecule has 0 bridgehead atoms. The fourth-order valence-electron chi connectivity index (χ4n) is 2.86. The van der Waals surface area contributed by atoms with Gasteiger partial charge in [-0.15, -0.1) is 0 Å². The highest BCUT2D eigenvalue weighted by Crippen LogP contribution is 2.25. The van der Waals surface area contributed by atoms with Gasteiger partial charge in [0.1, 0.15) is 0 Å². The molecule has 20 heavy (non-hydrogen) atoms. The van der Waals surface area contributed by atoms with Gasteiger partial charge in [0.15, 0.2) is 0 Å². The fourth-order valence-corrected chi connectivity index (χ4v) is 2.86. The van der Waals surface area contributed by atoms with Crippen LogP contribution in [0.2, 0.25) is 0 Å². The van der Waals surface area contributed by atoms with Gasteiger partial charge in [0.25, 0.3) is 0 Å². The van der Waals surface area contributed by atoms with Crippen LogP contribution in [0.3, 0.4) is 0 Å². The minimum absolute atomic E-state index is 0.00692. The van der Waals surface area contributed by atoms with Crippen molar-refractivity contribution in [1.29, 1.82) is 0 Å². The summed E-state index contributed by atoms with van der Waals surface area (Å²) >= 11 is 0. The lowest BCUT2D eigenvalue weighted by Crippen LogP contribution is -2.56. The topological polar surface area (TPSA) is 72.9 Å². The first-order valence-electron chi connectivity index (χ1n) is 6.76. The van der Waals surface area contributed by atoms with Crippen LogP contribution in [0.5, 0.6) is 0 Å². The first kappa shape index (κ1) is 12.9. The number of nitrogens with one attached hydrogen (secondary N) is 1.